The zero-order valence-electron chi connectivity index (χ0n) is 13.3. The summed E-state index contributed by atoms with van der Waals surface area (Å²) >= 11 is 0. The third-order valence-corrected chi connectivity index (χ3v) is 3.27. The van der Waals surface area contributed by atoms with Gasteiger partial charge in [0.2, 0.25) is 0 Å². The second-order valence-electron chi connectivity index (χ2n) is 5.04. The van der Waals surface area contributed by atoms with Crippen LogP contribution in [0, 0.1) is 10.1 Å². The molecule has 0 aliphatic heterocycles. The molecule has 0 aliphatic carbocycles. The minimum Gasteiger partial charge on any atom is -0.445 e. The molecule has 0 bridgehead atoms. The number of amides is 1. The van der Waals surface area contributed by atoms with Crippen molar-refractivity contribution in [2.45, 2.75) is 6.61 Å². The fraction of sp³-hybridized carbons (Fsp3) is 0.111. The van der Waals surface area contributed by atoms with E-state index >= 15 is 0 Å². The first-order chi connectivity index (χ1) is 12.1. The van der Waals surface area contributed by atoms with Crippen LogP contribution in [-0.2, 0) is 11.3 Å². The number of ether oxygens (including phenoxy) is 1. The largest absolute Gasteiger partial charge is 0.445 e. The van der Waals surface area contributed by atoms with E-state index in [1.807, 2.05) is 30.3 Å². The number of benzene rings is 2. The van der Waals surface area contributed by atoms with Crippen LogP contribution in [0.1, 0.15) is 21.5 Å². The Balaban J connectivity index is 1.82. The molecule has 1 N–H and O–H groups in total. The van der Waals surface area contributed by atoms with Gasteiger partial charge in [-0.25, -0.2) is 4.79 Å². The van der Waals surface area contributed by atoms with Crippen molar-refractivity contribution >= 4 is 24.1 Å². The van der Waals surface area contributed by atoms with Gasteiger partial charge in [-0.15, -0.1) is 0 Å². The van der Waals surface area contributed by atoms with Crippen molar-refractivity contribution < 1.29 is 19.2 Å². The zero-order chi connectivity index (χ0) is 18.1. The average molecular weight is 340 g/mol. The number of carbonyl (C=O) groups excluding carboxylic acids is 2. The molecule has 0 aromatic heterocycles. The Morgan fingerprint density at radius 3 is 2.64 bits per heavy atom. The van der Waals surface area contributed by atoms with Gasteiger partial charge in [0.05, 0.1) is 10.5 Å². The predicted octanol–water partition coefficient (Wildman–Crippen LogP) is 3.35. The molecule has 2 aromatic rings. The lowest BCUT2D eigenvalue weighted by Crippen LogP contribution is -2.24. The monoisotopic (exact) mass is 340 g/mol. The second-order valence-corrected chi connectivity index (χ2v) is 5.04. The molecule has 0 saturated carbocycles. The molecule has 0 fully saturated rings. The number of nitro groups is 1. The molecule has 0 radical (unpaired) electrons. The number of alkyl carbamates (subject to hydrolysis) is 1. The summed E-state index contributed by atoms with van der Waals surface area (Å²) in [6.45, 7) is 0.382. The van der Waals surface area contributed by atoms with E-state index < -0.39 is 11.0 Å². The minimum atomic E-state index is -0.611. The van der Waals surface area contributed by atoms with Crippen molar-refractivity contribution in [1.29, 1.82) is 0 Å². The predicted molar refractivity (Wildman–Crippen MR) is 92.1 cm³/mol. The number of carbonyl (C=O) groups is 2. The summed E-state index contributed by atoms with van der Waals surface area (Å²) in [6, 6.07) is 13.6. The Morgan fingerprint density at radius 2 is 1.96 bits per heavy atom. The van der Waals surface area contributed by atoms with Crippen LogP contribution in [0.15, 0.2) is 54.6 Å². The molecule has 0 aliphatic rings. The maximum atomic E-state index is 11.6. The SMILES string of the molecule is O=Cc1ccc(C=CCNC(=O)OCc2ccccc2)cc1[N+](=O)[O-]. The lowest BCUT2D eigenvalue weighted by molar-refractivity contribution is -0.385. The molecule has 2 aromatic carbocycles. The van der Waals surface area contributed by atoms with Crippen LogP contribution in [0.4, 0.5) is 10.5 Å². The quantitative estimate of drug-likeness (QED) is 0.473. The van der Waals surface area contributed by atoms with Gasteiger partial charge in [0.1, 0.15) is 6.61 Å². The van der Waals surface area contributed by atoms with E-state index in [1.54, 1.807) is 18.2 Å². The smallest absolute Gasteiger partial charge is 0.407 e. The van der Waals surface area contributed by atoms with Gasteiger partial charge in [-0.05, 0) is 17.2 Å². The highest BCUT2D eigenvalue weighted by Gasteiger charge is 2.12. The molecule has 25 heavy (non-hydrogen) atoms. The third kappa shape index (κ3) is 5.58. The highest BCUT2D eigenvalue weighted by Crippen LogP contribution is 2.19. The Hall–Kier alpha value is -3.48. The maximum absolute atomic E-state index is 11.6. The van der Waals surface area contributed by atoms with Crippen LogP contribution in [0.25, 0.3) is 6.08 Å². The summed E-state index contributed by atoms with van der Waals surface area (Å²) in [6.07, 6.45) is 3.12. The number of nitro benzene ring substituents is 1. The molecular formula is C18H16N2O5. The van der Waals surface area contributed by atoms with Gasteiger partial charge in [0.25, 0.3) is 5.69 Å². The Kier molecular flexibility index (Phi) is 6.41. The molecule has 7 nitrogen and oxygen atoms in total. The number of rotatable bonds is 7. The Labute approximate surface area is 144 Å². The number of hydrogen-bond donors (Lipinski definition) is 1. The third-order valence-electron chi connectivity index (χ3n) is 3.27. The van der Waals surface area contributed by atoms with E-state index in [0.717, 1.165) is 5.56 Å². The number of hydrogen-bond acceptors (Lipinski definition) is 5. The highest BCUT2D eigenvalue weighted by molar-refractivity contribution is 5.82. The summed E-state index contributed by atoms with van der Waals surface area (Å²) in [4.78, 5) is 32.6. The normalized spacial score (nSPS) is 10.4. The Morgan fingerprint density at radius 1 is 1.20 bits per heavy atom. The molecule has 1 amide bonds. The summed E-state index contributed by atoms with van der Waals surface area (Å²) in [7, 11) is 0. The first-order valence-corrected chi connectivity index (χ1v) is 7.45. The molecule has 7 heteroatoms. The standard InChI is InChI=1S/C18H16N2O5/c21-12-16-9-8-14(11-17(16)20(23)24)7-4-10-19-18(22)25-13-15-5-2-1-3-6-15/h1-9,11-12H,10,13H2,(H,19,22). The number of aldehydes is 1. The first-order valence-electron chi connectivity index (χ1n) is 7.45. The van der Waals surface area contributed by atoms with E-state index in [1.165, 1.54) is 12.1 Å². The molecule has 0 atom stereocenters. The lowest BCUT2D eigenvalue weighted by atomic mass is 10.1. The van der Waals surface area contributed by atoms with E-state index in [2.05, 4.69) is 5.32 Å². The van der Waals surface area contributed by atoms with Crippen LogP contribution < -0.4 is 5.32 Å². The van der Waals surface area contributed by atoms with Crippen LogP contribution in [0.2, 0.25) is 0 Å². The van der Waals surface area contributed by atoms with Gasteiger partial charge < -0.3 is 10.1 Å². The van der Waals surface area contributed by atoms with Crippen molar-refractivity contribution in [2.24, 2.45) is 0 Å². The summed E-state index contributed by atoms with van der Waals surface area (Å²) in [5, 5.41) is 13.4. The molecule has 0 unspecified atom stereocenters. The molecule has 0 spiro atoms. The molecule has 0 saturated heterocycles. The summed E-state index contributed by atoms with van der Waals surface area (Å²) in [5.41, 5.74) is 1.20. The summed E-state index contributed by atoms with van der Waals surface area (Å²) < 4.78 is 5.05. The maximum Gasteiger partial charge on any atom is 0.407 e. The number of nitrogens with zero attached hydrogens (tertiary/aromatic N) is 1. The topological polar surface area (TPSA) is 98.5 Å². The van der Waals surface area contributed by atoms with Crippen LogP contribution in [0.3, 0.4) is 0 Å². The second kappa shape index (κ2) is 8.97. The zero-order valence-corrected chi connectivity index (χ0v) is 13.3. The van der Waals surface area contributed by atoms with E-state index in [4.69, 9.17) is 4.74 Å². The number of nitrogens with one attached hydrogen (secondary N) is 1. The molecular weight excluding hydrogens is 324 g/mol. The lowest BCUT2D eigenvalue weighted by Gasteiger charge is -2.05. The summed E-state index contributed by atoms with van der Waals surface area (Å²) in [5.74, 6) is 0. The van der Waals surface area contributed by atoms with E-state index in [-0.39, 0.29) is 24.4 Å². The van der Waals surface area contributed by atoms with Gasteiger partial charge in [0, 0.05) is 12.6 Å². The van der Waals surface area contributed by atoms with Crippen molar-refractivity contribution in [2.75, 3.05) is 6.54 Å². The Bertz CT molecular complexity index is 787. The van der Waals surface area contributed by atoms with Crippen LogP contribution in [0.5, 0.6) is 0 Å². The van der Waals surface area contributed by atoms with Crippen molar-refractivity contribution in [3.8, 4) is 0 Å². The molecule has 2 rings (SSSR count). The van der Waals surface area contributed by atoms with Gasteiger partial charge >= 0.3 is 6.09 Å². The molecule has 0 heterocycles. The molecule has 128 valence electrons. The van der Waals surface area contributed by atoms with Crippen molar-refractivity contribution in [3.63, 3.8) is 0 Å². The van der Waals surface area contributed by atoms with Gasteiger partial charge in [0.15, 0.2) is 6.29 Å². The minimum absolute atomic E-state index is 0.0183. The van der Waals surface area contributed by atoms with Gasteiger partial charge in [-0.3, -0.25) is 14.9 Å². The van der Waals surface area contributed by atoms with E-state index in [0.29, 0.717) is 11.8 Å². The van der Waals surface area contributed by atoms with Crippen molar-refractivity contribution in [3.05, 3.63) is 81.4 Å². The van der Waals surface area contributed by atoms with E-state index in [9.17, 15) is 19.7 Å². The average Bonchev–Trinajstić information content (AvgIpc) is 2.64. The van der Waals surface area contributed by atoms with Crippen molar-refractivity contribution in [1.82, 2.24) is 5.32 Å². The van der Waals surface area contributed by atoms with Crippen LogP contribution in [-0.4, -0.2) is 23.8 Å². The fourth-order valence-electron chi connectivity index (χ4n) is 2.03. The first kappa shape index (κ1) is 17.9. The van der Waals surface area contributed by atoms with Crippen LogP contribution >= 0.6 is 0 Å². The highest BCUT2D eigenvalue weighted by atomic mass is 16.6. The fourth-order valence-corrected chi connectivity index (χ4v) is 2.03. The van der Waals surface area contributed by atoms with Gasteiger partial charge in [-0.1, -0.05) is 48.6 Å². The van der Waals surface area contributed by atoms with Gasteiger partial charge in [-0.2, -0.15) is 0 Å².